The molecule has 0 bridgehead atoms. The van der Waals surface area contributed by atoms with Crippen molar-refractivity contribution in [3.05, 3.63) is 64.8 Å². The van der Waals surface area contributed by atoms with Crippen LogP contribution in [0, 0.1) is 6.92 Å². The van der Waals surface area contributed by atoms with E-state index >= 15 is 0 Å². The molecule has 0 radical (unpaired) electrons. The van der Waals surface area contributed by atoms with Crippen molar-refractivity contribution in [1.29, 1.82) is 0 Å². The van der Waals surface area contributed by atoms with Gasteiger partial charge in [0.05, 0.1) is 22.2 Å². The maximum atomic E-state index is 13.0. The van der Waals surface area contributed by atoms with Gasteiger partial charge in [-0.15, -0.1) is 0 Å². The molecule has 1 saturated heterocycles. The van der Waals surface area contributed by atoms with E-state index in [0.717, 1.165) is 16.7 Å². The van der Waals surface area contributed by atoms with Crippen LogP contribution in [0.4, 0.5) is 0 Å². The van der Waals surface area contributed by atoms with Gasteiger partial charge in [-0.1, -0.05) is 49.3 Å². The zero-order chi connectivity index (χ0) is 27.0. The van der Waals surface area contributed by atoms with Gasteiger partial charge in [0.1, 0.15) is 12.4 Å². The van der Waals surface area contributed by atoms with E-state index in [1.165, 1.54) is 0 Å². The van der Waals surface area contributed by atoms with E-state index in [1.54, 1.807) is 0 Å². The fourth-order valence-electron chi connectivity index (χ4n) is 4.43. The molecular formula is C29H37BN2O5. The highest BCUT2D eigenvalue weighted by Gasteiger charge is 2.54. The van der Waals surface area contributed by atoms with Gasteiger partial charge in [0.15, 0.2) is 11.5 Å². The molecule has 1 N–H and O–H groups in total. The number of amides is 1. The minimum Gasteiger partial charge on any atom is -0.488 e. The van der Waals surface area contributed by atoms with Crippen molar-refractivity contribution in [2.75, 3.05) is 6.54 Å². The van der Waals surface area contributed by atoms with E-state index in [4.69, 9.17) is 18.6 Å². The number of carbonyl (C=O) groups is 1. The third kappa shape index (κ3) is 5.31. The number of rotatable bonds is 8. The molecule has 0 unspecified atom stereocenters. The highest BCUT2D eigenvalue weighted by molar-refractivity contribution is 6.65. The third-order valence-corrected chi connectivity index (χ3v) is 7.24. The van der Waals surface area contributed by atoms with Gasteiger partial charge in [-0.2, -0.15) is 0 Å². The monoisotopic (exact) mass is 504 g/mol. The maximum absolute atomic E-state index is 13.0. The molecule has 37 heavy (non-hydrogen) atoms. The van der Waals surface area contributed by atoms with Crippen LogP contribution in [0.3, 0.4) is 0 Å². The van der Waals surface area contributed by atoms with Crippen LogP contribution < -0.4 is 15.5 Å². The molecule has 1 aliphatic heterocycles. The Morgan fingerprint density at radius 2 is 1.73 bits per heavy atom. The first-order valence-corrected chi connectivity index (χ1v) is 12.9. The molecule has 8 heteroatoms. The molecule has 1 amide bonds. The summed E-state index contributed by atoms with van der Waals surface area (Å²) in [6, 6.07) is 14.1. The molecule has 0 spiro atoms. The number of ether oxygens (including phenoxy) is 1. The lowest BCUT2D eigenvalue weighted by Gasteiger charge is -2.32. The molecule has 196 valence electrons. The maximum Gasteiger partial charge on any atom is 0.501 e. The first-order chi connectivity index (χ1) is 17.4. The Balaban J connectivity index is 1.87. The van der Waals surface area contributed by atoms with Crippen molar-refractivity contribution in [1.82, 2.24) is 10.5 Å². The summed E-state index contributed by atoms with van der Waals surface area (Å²) in [5.41, 5.74) is 3.43. The van der Waals surface area contributed by atoms with Gasteiger partial charge in [0.2, 0.25) is 0 Å². The second kappa shape index (κ2) is 10.3. The molecule has 0 saturated carbocycles. The fraction of sp³-hybridized carbons (Fsp3) is 0.448. The number of aromatic nitrogens is 1. The first-order valence-electron chi connectivity index (χ1n) is 12.9. The van der Waals surface area contributed by atoms with Crippen molar-refractivity contribution in [2.45, 2.75) is 79.1 Å². The summed E-state index contributed by atoms with van der Waals surface area (Å²) in [7, 11) is -0.838. The van der Waals surface area contributed by atoms with Crippen LogP contribution in [0.2, 0.25) is 0 Å². The molecule has 4 rings (SSSR count). The highest BCUT2D eigenvalue weighted by atomic mass is 16.7. The van der Waals surface area contributed by atoms with Crippen molar-refractivity contribution in [2.24, 2.45) is 0 Å². The zero-order valence-corrected chi connectivity index (χ0v) is 23.1. The summed E-state index contributed by atoms with van der Waals surface area (Å²) >= 11 is 0. The Bertz CT molecular complexity index is 1250. The smallest absolute Gasteiger partial charge is 0.488 e. The predicted molar refractivity (Wildman–Crippen MR) is 145 cm³/mol. The van der Waals surface area contributed by atoms with E-state index in [-0.39, 0.29) is 17.5 Å². The minimum atomic E-state index is -0.838. The van der Waals surface area contributed by atoms with Gasteiger partial charge in [0.25, 0.3) is 5.91 Å². The predicted octanol–water partition coefficient (Wildman–Crippen LogP) is 5.40. The van der Waals surface area contributed by atoms with Crippen LogP contribution in [-0.4, -0.2) is 35.9 Å². The molecule has 2 aromatic carbocycles. The summed E-state index contributed by atoms with van der Waals surface area (Å²) in [5.74, 6) is 0.977. The molecule has 2 heterocycles. The van der Waals surface area contributed by atoms with Gasteiger partial charge < -0.3 is 23.9 Å². The third-order valence-electron chi connectivity index (χ3n) is 7.24. The van der Waals surface area contributed by atoms with Crippen LogP contribution in [0.1, 0.15) is 81.6 Å². The number of carbonyl (C=O) groups excluding carboxylic acids is 1. The normalized spacial score (nSPS) is 16.3. The second-order valence-electron chi connectivity index (χ2n) is 10.9. The van der Waals surface area contributed by atoms with E-state index in [1.807, 2.05) is 71.0 Å². The van der Waals surface area contributed by atoms with Crippen LogP contribution in [-0.2, 0) is 15.9 Å². The van der Waals surface area contributed by atoms with Crippen LogP contribution in [0.25, 0.3) is 11.3 Å². The molecule has 0 atom stereocenters. The van der Waals surface area contributed by atoms with Gasteiger partial charge in [-0.05, 0) is 76.3 Å². The van der Waals surface area contributed by atoms with Crippen molar-refractivity contribution in [3.63, 3.8) is 0 Å². The van der Waals surface area contributed by atoms with E-state index < -0.39 is 18.3 Å². The summed E-state index contributed by atoms with van der Waals surface area (Å²) < 4.78 is 25.0. The highest BCUT2D eigenvalue weighted by Crippen LogP contribution is 2.40. The average molecular weight is 504 g/mol. The summed E-state index contributed by atoms with van der Waals surface area (Å²) in [6.07, 6.45) is 0. The number of nitrogens with one attached hydrogen (secondary N) is 1. The van der Waals surface area contributed by atoms with Gasteiger partial charge >= 0.3 is 7.12 Å². The van der Waals surface area contributed by atoms with E-state index in [0.29, 0.717) is 35.7 Å². The number of nitrogens with zero attached hydrogens (tertiary/aromatic N) is 1. The molecule has 1 fully saturated rings. The second-order valence-corrected chi connectivity index (χ2v) is 10.9. The van der Waals surface area contributed by atoms with Crippen molar-refractivity contribution < 1.29 is 23.4 Å². The Hall–Kier alpha value is -3.10. The quantitative estimate of drug-likeness (QED) is 0.414. The molecule has 3 aromatic rings. The van der Waals surface area contributed by atoms with Crippen LogP contribution in [0.5, 0.6) is 5.75 Å². The first kappa shape index (κ1) is 27.0. The lowest BCUT2D eigenvalue weighted by Crippen LogP contribution is -2.41. The molecule has 1 aliphatic rings. The summed E-state index contributed by atoms with van der Waals surface area (Å²) in [4.78, 5) is 13.0. The SMILES string of the molecule is CCNC(=O)c1noc(-c2cc(C(C)C)c(C)cc2OCc2ccccc2)c1B1OC(C)(C)C(C)(C)O1. The van der Waals surface area contributed by atoms with Gasteiger partial charge in [-0.3, -0.25) is 4.79 Å². The Morgan fingerprint density at radius 1 is 1.08 bits per heavy atom. The fourth-order valence-corrected chi connectivity index (χ4v) is 4.43. The topological polar surface area (TPSA) is 82.8 Å². The largest absolute Gasteiger partial charge is 0.501 e. The molecule has 0 aliphatic carbocycles. The summed E-state index contributed by atoms with van der Waals surface area (Å²) in [5, 5.41) is 7.03. The molecule has 1 aromatic heterocycles. The Kier molecular flexibility index (Phi) is 7.54. The van der Waals surface area contributed by atoms with Crippen LogP contribution >= 0.6 is 0 Å². The van der Waals surface area contributed by atoms with Gasteiger partial charge in [-0.25, -0.2) is 0 Å². The molecule has 7 nitrogen and oxygen atoms in total. The number of aryl methyl sites for hydroxylation is 1. The zero-order valence-electron chi connectivity index (χ0n) is 23.1. The number of hydrogen-bond donors (Lipinski definition) is 1. The summed E-state index contributed by atoms with van der Waals surface area (Å²) in [6.45, 7) is 17.0. The lowest BCUT2D eigenvalue weighted by atomic mass is 9.75. The number of hydrogen-bond acceptors (Lipinski definition) is 6. The number of benzene rings is 2. The van der Waals surface area contributed by atoms with E-state index in [2.05, 4.69) is 37.3 Å². The standard InChI is InChI=1S/C29H37BN2O5/c1-9-31-27(33)25-24(30-36-28(5,6)29(7,8)37-30)26(35-32-25)22-16-21(18(2)3)19(4)15-23(22)34-17-20-13-11-10-12-14-20/h10-16,18H,9,17H2,1-8H3,(H,31,33). The van der Waals surface area contributed by atoms with Crippen LogP contribution in [0.15, 0.2) is 47.0 Å². The van der Waals surface area contributed by atoms with Gasteiger partial charge in [0, 0.05) is 6.54 Å². The minimum absolute atomic E-state index is 0.149. The van der Waals surface area contributed by atoms with Crippen molar-refractivity contribution in [3.8, 4) is 17.1 Å². The lowest BCUT2D eigenvalue weighted by molar-refractivity contribution is 0.00578. The Labute approximate surface area is 220 Å². The average Bonchev–Trinajstić information content (AvgIpc) is 3.36. The molecular weight excluding hydrogens is 467 g/mol. The van der Waals surface area contributed by atoms with Crippen molar-refractivity contribution >= 4 is 18.5 Å². The Morgan fingerprint density at radius 3 is 2.32 bits per heavy atom. The van der Waals surface area contributed by atoms with E-state index in [9.17, 15) is 4.79 Å².